The lowest BCUT2D eigenvalue weighted by Gasteiger charge is -2.21. The number of amides is 1. The van der Waals surface area contributed by atoms with Crippen LogP contribution >= 0.6 is 24.0 Å². The van der Waals surface area contributed by atoms with Gasteiger partial charge in [-0.3, -0.25) is 4.79 Å². The Morgan fingerprint density at radius 3 is 2.36 bits per heavy atom. The van der Waals surface area contributed by atoms with Crippen LogP contribution in [-0.2, 0) is 16.0 Å². The van der Waals surface area contributed by atoms with Crippen LogP contribution in [0.1, 0.15) is 23.6 Å². The molecule has 0 aromatic heterocycles. The molecule has 0 fully saturated rings. The number of halogens is 2. The van der Waals surface area contributed by atoms with Gasteiger partial charge < -0.3 is 15.8 Å². The highest BCUT2D eigenvalue weighted by molar-refractivity contribution is 6.30. The second kappa shape index (κ2) is 11.1. The van der Waals surface area contributed by atoms with Gasteiger partial charge in [-0.15, -0.1) is 12.4 Å². The van der Waals surface area contributed by atoms with E-state index in [0.29, 0.717) is 18.0 Å². The summed E-state index contributed by atoms with van der Waals surface area (Å²) in [7, 11) is 1.56. The lowest BCUT2D eigenvalue weighted by Crippen LogP contribution is -2.35. The summed E-state index contributed by atoms with van der Waals surface area (Å²) in [4.78, 5) is 12.3. The Kier molecular flexibility index (Phi) is 9.53. The number of nitrogens with one attached hydrogen (secondary N) is 1. The fourth-order valence-electron chi connectivity index (χ4n) is 2.52. The van der Waals surface area contributed by atoms with E-state index in [1.165, 1.54) is 0 Å². The van der Waals surface area contributed by atoms with Crippen molar-refractivity contribution in [3.05, 3.63) is 70.7 Å². The van der Waals surface area contributed by atoms with Gasteiger partial charge in [-0.2, -0.15) is 0 Å². The van der Waals surface area contributed by atoms with Crippen molar-refractivity contribution in [3.8, 4) is 0 Å². The zero-order valence-corrected chi connectivity index (χ0v) is 15.7. The largest absolute Gasteiger partial charge is 0.380 e. The highest BCUT2D eigenvalue weighted by Crippen LogP contribution is 2.20. The summed E-state index contributed by atoms with van der Waals surface area (Å²) in [5, 5.41) is 3.79. The number of carbonyl (C=O) groups excluding carboxylic acids is 1. The normalized spacial score (nSPS) is 12.8. The minimum atomic E-state index is -0.267. The number of hydrogen-bond donors (Lipinski definition) is 2. The monoisotopic (exact) mass is 382 g/mol. The first kappa shape index (κ1) is 21.5. The van der Waals surface area contributed by atoms with E-state index in [1.807, 2.05) is 54.6 Å². The zero-order chi connectivity index (χ0) is 17.4. The van der Waals surface area contributed by atoms with Crippen molar-refractivity contribution in [2.24, 2.45) is 5.73 Å². The Balaban J connectivity index is 0.00000312. The van der Waals surface area contributed by atoms with Gasteiger partial charge >= 0.3 is 0 Å². The fourth-order valence-corrected chi connectivity index (χ4v) is 2.64. The highest BCUT2D eigenvalue weighted by atomic mass is 35.5. The highest BCUT2D eigenvalue weighted by Gasteiger charge is 2.18. The number of carbonyl (C=O) groups is 1. The van der Waals surface area contributed by atoms with Crippen LogP contribution in [0.3, 0.4) is 0 Å². The van der Waals surface area contributed by atoms with Gasteiger partial charge in [0.2, 0.25) is 5.91 Å². The molecule has 1 amide bonds. The fraction of sp³-hybridized carbons (Fsp3) is 0.316. The second-order valence-corrected chi connectivity index (χ2v) is 6.10. The molecule has 2 aromatic carbocycles. The van der Waals surface area contributed by atoms with Crippen molar-refractivity contribution in [1.82, 2.24) is 5.32 Å². The van der Waals surface area contributed by atoms with Crippen LogP contribution in [0.2, 0.25) is 5.02 Å². The second-order valence-electron chi connectivity index (χ2n) is 5.66. The topological polar surface area (TPSA) is 64.3 Å². The molecule has 0 bridgehead atoms. The van der Waals surface area contributed by atoms with E-state index in [2.05, 4.69) is 5.32 Å². The molecule has 0 heterocycles. The molecule has 0 aliphatic carbocycles. The van der Waals surface area contributed by atoms with Gasteiger partial charge in [0.15, 0.2) is 0 Å². The summed E-state index contributed by atoms with van der Waals surface area (Å²) < 4.78 is 5.19. The van der Waals surface area contributed by atoms with E-state index in [-0.39, 0.29) is 36.9 Å². The molecular weight excluding hydrogens is 359 g/mol. The molecule has 0 spiro atoms. The van der Waals surface area contributed by atoms with Crippen LogP contribution in [0.15, 0.2) is 54.6 Å². The smallest absolute Gasteiger partial charge is 0.223 e. The maximum Gasteiger partial charge on any atom is 0.223 e. The van der Waals surface area contributed by atoms with E-state index < -0.39 is 0 Å². The number of rotatable bonds is 8. The molecule has 2 rings (SSSR count). The van der Waals surface area contributed by atoms with Gasteiger partial charge in [-0.05, 0) is 29.7 Å². The number of hydrogen-bond acceptors (Lipinski definition) is 3. The first-order chi connectivity index (χ1) is 11.6. The average Bonchev–Trinajstić information content (AvgIpc) is 2.61. The van der Waals surface area contributed by atoms with Gasteiger partial charge in [-0.25, -0.2) is 0 Å². The summed E-state index contributed by atoms with van der Waals surface area (Å²) >= 11 is 5.94. The Bertz CT molecular complexity index is 632. The van der Waals surface area contributed by atoms with Gasteiger partial charge in [0, 0.05) is 18.7 Å². The lowest BCUT2D eigenvalue weighted by atomic mass is 9.98. The molecule has 0 aliphatic rings. The molecule has 4 nitrogen and oxygen atoms in total. The summed E-state index contributed by atoms with van der Waals surface area (Å²) in [6, 6.07) is 17.5. The number of ether oxygens (including phenoxy) is 1. The molecule has 2 aromatic rings. The standard InChI is InChI=1S/C19H23ClN2O2.ClH/c1-24-17(13-21)12-19(23)22-18(15-5-3-2-4-6-15)11-14-7-9-16(20)10-8-14;/h2-10,17-18H,11-13,21H2,1H3,(H,22,23);1H. The Morgan fingerprint density at radius 2 is 1.80 bits per heavy atom. The Hall–Kier alpha value is -1.59. The van der Waals surface area contributed by atoms with Crippen LogP contribution in [0.25, 0.3) is 0 Å². The third kappa shape index (κ3) is 7.04. The zero-order valence-electron chi connectivity index (χ0n) is 14.2. The first-order valence-corrected chi connectivity index (χ1v) is 8.31. The predicted octanol–water partition coefficient (Wildman–Crippen LogP) is 3.53. The summed E-state index contributed by atoms with van der Waals surface area (Å²) in [6.07, 6.45) is 0.668. The maximum atomic E-state index is 12.3. The van der Waals surface area contributed by atoms with Crippen molar-refractivity contribution in [1.29, 1.82) is 0 Å². The molecule has 0 aliphatic heterocycles. The third-order valence-corrected chi connectivity index (χ3v) is 4.15. The number of nitrogens with two attached hydrogens (primary N) is 1. The molecule has 2 unspecified atom stereocenters. The van der Waals surface area contributed by atoms with Gasteiger partial charge in [0.05, 0.1) is 18.6 Å². The first-order valence-electron chi connectivity index (χ1n) is 7.94. The SMILES string of the molecule is COC(CN)CC(=O)NC(Cc1ccc(Cl)cc1)c1ccccc1.Cl. The van der Waals surface area contributed by atoms with Crippen LogP contribution < -0.4 is 11.1 Å². The number of methoxy groups -OCH3 is 1. The minimum absolute atomic E-state index is 0. The third-order valence-electron chi connectivity index (χ3n) is 3.90. The molecule has 2 atom stereocenters. The van der Waals surface area contributed by atoms with E-state index in [0.717, 1.165) is 11.1 Å². The molecule has 0 radical (unpaired) electrons. The van der Waals surface area contributed by atoms with Crippen molar-refractivity contribution < 1.29 is 9.53 Å². The molecule has 0 saturated carbocycles. The molecule has 6 heteroatoms. The predicted molar refractivity (Wildman–Crippen MR) is 104 cm³/mol. The Morgan fingerprint density at radius 1 is 1.16 bits per heavy atom. The van der Waals surface area contributed by atoms with Crippen molar-refractivity contribution in [3.63, 3.8) is 0 Å². The van der Waals surface area contributed by atoms with E-state index in [4.69, 9.17) is 22.1 Å². The summed E-state index contributed by atoms with van der Waals surface area (Å²) in [5.74, 6) is -0.0740. The Labute approximate surface area is 160 Å². The molecule has 0 saturated heterocycles. The number of benzene rings is 2. The molecule has 136 valence electrons. The van der Waals surface area contributed by atoms with E-state index >= 15 is 0 Å². The van der Waals surface area contributed by atoms with E-state index in [9.17, 15) is 4.79 Å². The van der Waals surface area contributed by atoms with Crippen LogP contribution in [0.5, 0.6) is 0 Å². The van der Waals surface area contributed by atoms with Crippen LogP contribution in [0, 0.1) is 0 Å². The van der Waals surface area contributed by atoms with Crippen molar-refractivity contribution >= 4 is 29.9 Å². The van der Waals surface area contributed by atoms with Crippen molar-refractivity contribution in [2.45, 2.75) is 25.0 Å². The van der Waals surface area contributed by atoms with Gasteiger partial charge in [0.25, 0.3) is 0 Å². The quantitative estimate of drug-likeness (QED) is 0.733. The summed E-state index contributed by atoms with van der Waals surface area (Å²) in [6.45, 7) is 0.317. The molecule has 25 heavy (non-hydrogen) atoms. The lowest BCUT2D eigenvalue weighted by molar-refractivity contribution is -0.124. The maximum absolute atomic E-state index is 12.3. The van der Waals surface area contributed by atoms with Crippen LogP contribution in [0.4, 0.5) is 0 Å². The van der Waals surface area contributed by atoms with Gasteiger partial charge in [-0.1, -0.05) is 54.1 Å². The van der Waals surface area contributed by atoms with Crippen LogP contribution in [-0.4, -0.2) is 25.7 Å². The van der Waals surface area contributed by atoms with E-state index in [1.54, 1.807) is 7.11 Å². The average molecular weight is 383 g/mol. The summed E-state index contributed by atoms with van der Waals surface area (Å²) in [5.41, 5.74) is 7.76. The van der Waals surface area contributed by atoms with Crippen molar-refractivity contribution in [2.75, 3.05) is 13.7 Å². The molecular formula is C19H24Cl2N2O2. The van der Waals surface area contributed by atoms with Gasteiger partial charge in [0.1, 0.15) is 0 Å². The molecule has 3 N–H and O–H groups in total. The minimum Gasteiger partial charge on any atom is -0.380 e.